The average molecular weight is 377 g/mol. The van der Waals surface area contributed by atoms with Crippen molar-refractivity contribution in [2.45, 2.75) is 39.3 Å². The van der Waals surface area contributed by atoms with Crippen LogP contribution in [0.25, 0.3) is 0 Å². The molecule has 1 aromatic heterocycles. The van der Waals surface area contributed by atoms with Crippen LogP contribution in [0.2, 0.25) is 0 Å². The normalized spacial score (nSPS) is 22.5. The first-order valence-corrected chi connectivity index (χ1v) is 10.1. The Bertz CT molecular complexity index is 646. The third-order valence-corrected chi connectivity index (χ3v) is 5.58. The van der Waals surface area contributed by atoms with Gasteiger partial charge in [-0.3, -0.25) is 24.1 Å². The van der Waals surface area contributed by atoms with E-state index in [0.717, 1.165) is 64.5 Å². The Morgan fingerprint density at radius 2 is 2.07 bits per heavy atom. The summed E-state index contributed by atoms with van der Waals surface area (Å²) in [5.74, 6) is 0.0856. The predicted octanol–water partition coefficient (Wildman–Crippen LogP) is -0.0638. The summed E-state index contributed by atoms with van der Waals surface area (Å²) in [6.45, 7) is 11.5. The molecule has 2 aliphatic heterocycles. The molecule has 0 radical (unpaired) electrons. The lowest BCUT2D eigenvalue weighted by molar-refractivity contribution is -0.138. The molecule has 1 aromatic rings. The second-order valence-corrected chi connectivity index (χ2v) is 7.44. The number of aromatic nitrogens is 2. The van der Waals surface area contributed by atoms with Gasteiger partial charge < -0.3 is 10.2 Å². The number of hydrogen-bond donors (Lipinski definition) is 1. The monoisotopic (exact) mass is 376 g/mol. The summed E-state index contributed by atoms with van der Waals surface area (Å²) in [4.78, 5) is 31.4. The number of likely N-dealkylation sites (N-methyl/N-ethyl adjacent to an activating group) is 1. The minimum Gasteiger partial charge on any atom is -0.353 e. The van der Waals surface area contributed by atoms with Crippen LogP contribution in [0.15, 0.2) is 12.3 Å². The van der Waals surface area contributed by atoms with Gasteiger partial charge in [-0.2, -0.15) is 5.10 Å². The Kier molecular flexibility index (Phi) is 6.84. The van der Waals surface area contributed by atoms with Gasteiger partial charge in [0.05, 0.1) is 24.7 Å². The van der Waals surface area contributed by atoms with Crippen LogP contribution in [0.5, 0.6) is 0 Å². The lowest BCUT2D eigenvalue weighted by atomic mass is 10.1. The Morgan fingerprint density at radius 3 is 2.81 bits per heavy atom. The van der Waals surface area contributed by atoms with Crippen LogP contribution in [0, 0.1) is 6.92 Å². The van der Waals surface area contributed by atoms with Crippen LogP contribution < -0.4 is 5.32 Å². The molecule has 0 aromatic carbocycles. The van der Waals surface area contributed by atoms with Crippen LogP contribution in [-0.2, 0) is 16.1 Å². The van der Waals surface area contributed by atoms with Crippen LogP contribution >= 0.6 is 0 Å². The second kappa shape index (κ2) is 9.32. The molecule has 3 heterocycles. The predicted molar refractivity (Wildman–Crippen MR) is 103 cm³/mol. The molecule has 0 aliphatic carbocycles. The largest absolute Gasteiger partial charge is 0.353 e. The summed E-state index contributed by atoms with van der Waals surface area (Å²) >= 11 is 0. The SMILES string of the molecule is CCN1CCNC(=O)C1CC(=O)N1CCCN(CCn2ccc(C)n2)CC1. The van der Waals surface area contributed by atoms with Gasteiger partial charge in [0.1, 0.15) is 0 Å². The fourth-order valence-corrected chi connectivity index (χ4v) is 3.93. The van der Waals surface area contributed by atoms with E-state index in [4.69, 9.17) is 0 Å². The number of carbonyl (C=O) groups is 2. The van der Waals surface area contributed by atoms with Crippen molar-refractivity contribution in [1.82, 2.24) is 29.8 Å². The molecule has 2 aliphatic rings. The topological polar surface area (TPSA) is 73.7 Å². The van der Waals surface area contributed by atoms with Crippen molar-refractivity contribution in [3.8, 4) is 0 Å². The van der Waals surface area contributed by atoms with Gasteiger partial charge in [-0.05, 0) is 32.5 Å². The smallest absolute Gasteiger partial charge is 0.237 e. The van der Waals surface area contributed by atoms with E-state index >= 15 is 0 Å². The zero-order valence-corrected chi connectivity index (χ0v) is 16.6. The minimum absolute atomic E-state index is 0.0117. The summed E-state index contributed by atoms with van der Waals surface area (Å²) < 4.78 is 1.98. The highest BCUT2D eigenvalue weighted by atomic mass is 16.2. The van der Waals surface area contributed by atoms with Crippen molar-refractivity contribution in [2.75, 3.05) is 52.4 Å². The first-order chi connectivity index (χ1) is 13.1. The molecule has 2 amide bonds. The van der Waals surface area contributed by atoms with E-state index in [2.05, 4.69) is 20.2 Å². The maximum absolute atomic E-state index is 12.8. The van der Waals surface area contributed by atoms with Gasteiger partial charge in [0, 0.05) is 45.5 Å². The summed E-state index contributed by atoms with van der Waals surface area (Å²) in [5.41, 5.74) is 1.04. The van der Waals surface area contributed by atoms with Crippen molar-refractivity contribution in [1.29, 1.82) is 0 Å². The molecule has 8 nitrogen and oxygen atoms in total. The molecule has 0 spiro atoms. The highest BCUT2D eigenvalue weighted by molar-refractivity contribution is 5.88. The van der Waals surface area contributed by atoms with Gasteiger partial charge >= 0.3 is 0 Å². The first-order valence-electron chi connectivity index (χ1n) is 10.1. The number of amides is 2. The summed E-state index contributed by atoms with van der Waals surface area (Å²) in [6, 6.07) is 1.70. The van der Waals surface area contributed by atoms with E-state index in [-0.39, 0.29) is 24.3 Å². The van der Waals surface area contributed by atoms with Gasteiger partial charge in [-0.15, -0.1) is 0 Å². The van der Waals surface area contributed by atoms with Gasteiger partial charge in [0.25, 0.3) is 0 Å². The van der Waals surface area contributed by atoms with E-state index in [1.807, 2.05) is 35.7 Å². The number of carbonyl (C=O) groups excluding carboxylic acids is 2. The number of rotatable bonds is 6. The summed E-state index contributed by atoms with van der Waals surface area (Å²) in [7, 11) is 0. The fourth-order valence-electron chi connectivity index (χ4n) is 3.93. The fraction of sp³-hybridized carbons (Fsp3) is 0.737. The lowest BCUT2D eigenvalue weighted by Crippen LogP contribution is -2.56. The molecular weight excluding hydrogens is 344 g/mol. The number of hydrogen-bond acceptors (Lipinski definition) is 5. The Morgan fingerprint density at radius 1 is 1.22 bits per heavy atom. The molecule has 150 valence electrons. The zero-order valence-electron chi connectivity index (χ0n) is 16.6. The number of nitrogens with one attached hydrogen (secondary N) is 1. The molecule has 2 fully saturated rings. The number of nitrogens with zero attached hydrogens (tertiary/aromatic N) is 5. The van der Waals surface area contributed by atoms with Crippen molar-refractivity contribution in [3.63, 3.8) is 0 Å². The van der Waals surface area contributed by atoms with E-state index in [1.54, 1.807) is 0 Å². The van der Waals surface area contributed by atoms with Crippen LogP contribution in [-0.4, -0.2) is 94.7 Å². The van der Waals surface area contributed by atoms with E-state index in [9.17, 15) is 9.59 Å². The Labute approximate surface area is 161 Å². The highest BCUT2D eigenvalue weighted by Gasteiger charge is 2.32. The summed E-state index contributed by atoms with van der Waals surface area (Å²) in [6.07, 6.45) is 3.27. The zero-order chi connectivity index (χ0) is 19.2. The van der Waals surface area contributed by atoms with Gasteiger partial charge in [-0.25, -0.2) is 0 Å². The van der Waals surface area contributed by atoms with Crippen molar-refractivity contribution in [2.24, 2.45) is 0 Å². The molecule has 27 heavy (non-hydrogen) atoms. The average Bonchev–Trinajstić information content (AvgIpc) is 2.93. The van der Waals surface area contributed by atoms with E-state index < -0.39 is 0 Å². The molecule has 1 atom stereocenters. The molecule has 2 saturated heterocycles. The lowest BCUT2D eigenvalue weighted by Gasteiger charge is -2.34. The minimum atomic E-state index is -0.321. The molecular formula is C19H32N6O2. The van der Waals surface area contributed by atoms with Crippen molar-refractivity contribution >= 4 is 11.8 Å². The van der Waals surface area contributed by atoms with Gasteiger partial charge in [-0.1, -0.05) is 6.92 Å². The van der Waals surface area contributed by atoms with E-state index in [0.29, 0.717) is 6.54 Å². The molecule has 0 bridgehead atoms. The third kappa shape index (κ3) is 5.29. The third-order valence-electron chi connectivity index (χ3n) is 5.58. The highest BCUT2D eigenvalue weighted by Crippen LogP contribution is 2.12. The maximum Gasteiger partial charge on any atom is 0.237 e. The molecule has 1 N–H and O–H groups in total. The van der Waals surface area contributed by atoms with Gasteiger partial charge in [0.15, 0.2) is 0 Å². The molecule has 8 heteroatoms. The standard InChI is InChI=1S/C19H32N6O2/c1-3-23-10-6-20-19(27)17(23)15-18(26)24-8-4-7-22(11-13-24)12-14-25-9-5-16(2)21-25/h5,9,17H,3-4,6-8,10-15H2,1-2H3,(H,20,27). The van der Waals surface area contributed by atoms with Crippen LogP contribution in [0.1, 0.15) is 25.5 Å². The first kappa shape index (κ1) is 19.8. The summed E-state index contributed by atoms with van der Waals surface area (Å²) in [5, 5.41) is 7.32. The second-order valence-electron chi connectivity index (χ2n) is 7.44. The van der Waals surface area contributed by atoms with Crippen LogP contribution in [0.3, 0.4) is 0 Å². The van der Waals surface area contributed by atoms with Gasteiger partial charge in [0.2, 0.25) is 11.8 Å². The molecule has 0 saturated carbocycles. The molecule has 3 rings (SSSR count). The Hall–Kier alpha value is -1.93. The van der Waals surface area contributed by atoms with Crippen molar-refractivity contribution < 1.29 is 9.59 Å². The van der Waals surface area contributed by atoms with Crippen molar-refractivity contribution in [3.05, 3.63) is 18.0 Å². The van der Waals surface area contributed by atoms with E-state index in [1.165, 1.54) is 0 Å². The number of piperazine rings is 1. The quantitative estimate of drug-likeness (QED) is 0.753. The molecule has 1 unspecified atom stereocenters. The van der Waals surface area contributed by atoms with Crippen LogP contribution in [0.4, 0.5) is 0 Å². The maximum atomic E-state index is 12.8. The number of aryl methyl sites for hydroxylation is 1. The Balaban J connectivity index is 1.48.